The number of amides is 3. The second-order valence-corrected chi connectivity index (χ2v) is 17.9. The minimum Gasteiger partial charge on any atom is -0.472 e. The number of nitrogens with one attached hydrogen (secondary N) is 2. The maximum atomic E-state index is 14.8. The quantitative estimate of drug-likeness (QED) is 0.306. The summed E-state index contributed by atoms with van der Waals surface area (Å²) in [7, 11) is -3.87. The molecule has 6 aliphatic rings. The van der Waals surface area contributed by atoms with Gasteiger partial charge in [0.25, 0.3) is 5.91 Å². The van der Waals surface area contributed by atoms with Crippen molar-refractivity contribution in [3.05, 3.63) is 54.8 Å². The standard InChI is InChI=1S/C40H48N4O8S/c1-2-28-22-40(28,39(48)43-53(49,50)30-15-16-30)42-36(46)33-20-29-23-44(33)38(47)32(25-8-3-4-9-25)21-35(45)52-34-12-6-11-27(34)10-5-7-24-13-14-26-17-18-41-37(51-29)31(26)19-24/h2,5,7,13-14,17-19,25,27-30,32-34H,1,3-4,6,8-12,15-16,20-23H2,(H,42,46)(H,43,48)/b7-5+/t27-,28-,29?,32-,33-,34-,40+/m0/s1. The Hall–Kier alpha value is -4.26. The number of pyridine rings is 1. The molecule has 3 amide bonds. The van der Waals surface area contributed by atoms with E-state index in [2.05, 4.69) is 33.8 Å². The van der Waals surface area contributed by atoms with E-state index in [1.165, 1.54) is 11.0 Å². The minimum absolute atomic E-state index is 0.0388. The van der Waals surface area contributed by atoms with Gasteiger partial charge in [-0.3, -0.25) is 23.9 Å². The highest BCUT2D eigenvalue weighted by Gasteiger charge is 2.62. The minimum atomic E-state index is -3.87. The van der Waals surface area contributed by atoms with E-state index in [9.17, 15) is 27.6 Å². The topological polar surface area (TPSA) is 161 Å². The lowest BCUT2D eigenvalue weighted by Crippen LogP contribution is -2.57. The third kappa shape index (κ3) is 7.20. The van der Waals surface area contributed by atoms with Crippen molar-refractivity contribution in [3.63, 3.8) is 0 Å². The largest absolute Gasteiger partial charge is 0.472 e. The Morgan fingerprint density at radius 3 is 2.55 bits per heavy atom. The Kier molecular flexibility index (Phi) is 9.57. The van der Waals surface area contributed by atoms with Crippen LogP contribution in [-0.2, 0) is 33.9 Å². The van der Waals surface area contributed by atoms with E-state index in [1.54, 1.807) is 6.20 Å². The summed E-state index contributed by atoms with van der Waals surface area (Å²) in [6, 6.07) is 6.92. The summed E-state index contributed by atoms with van der Waals surface area (Å²) in [5, 5.41) is 3.98. The molecule has 4 aliphatic carbocycles. The lowest BCUT2D eigenvalue weighted by atomic mass is 9.86. The number of benzene rings is 1. The van der Waals surface area contributed by atoms with Crippen LogP contribution in [0.5, 0.6) is 5.88 Å². The third-order valence-corrected chi connectivity index (χ3v) is 14.2. The number of hydrogen-bond acceptors (Lipinski definition) is 9. The van der Waals surface area contributed by atoms with Crippen molar-refractivity contribution in [3.8, 4) is 5.88 Å². The molecule has 53 heavy (non-hydrogen) atoms. The van der Waals surface area contributed by atoms with Crippen LogP contribution >= 0.6 is 0 Å². The van der Waals surface area contributed by atoms with Crippen molar-refractivity contribution >= 4 is 50.6 Å². The molecule has 1 saturated heterocycles. The summed E-state index contributed by atoms with van der Waals surface area (Å²) < 4.78 is 40.3. The first-order valence-electron chi connectivity index (χ1n) is 19.3. The molecule has 13 heteroatoms. The van der Waals surface area contributed by atoms with Gasteiger partial charge in [0, 0.05) is 23.9 Å². The molecular formula is C40H48N4O8S. The van der Waals surface area contributed by atoms with E-state index >= 15 is 0 Å². The van der Waals surface area contributed by atoms with Crippen LogP contribution in [-0.4, -0.2) is 77.6 Å². The predicted molar refractivity (Wildman–Crippen MR) is 196 cm³/mol. The summed E-state index contributed by atoms with van der Waals surface area (Å²) in [5.74, 6) is -2.72. The normalized spacial score (nSPS) is 32.6. The van der Waals surface area contributed by atoms with Crippen LogP contribution in [0.2, 0.25) is 0 Å². The van der Waals surface area contributed by atoms with Crippen LogP contribution in [0.4, 0.5) is 0 Å². The van der Waals surface area contributed by atoms with Crippen molar-refractivity contribution in [2.45, 2.75) is 113 Å². The number of ether oxygens (including phenoxy) is 2. The molecule has 12 nitrogen and oxygen atoms in total. The summed E-state index contributed by atoms with van der Waals surface area (Å²) >= 11 is 0. The lowest BCUT2D eigenvalue weighted by Gasteiger charge is -2.31. The third-order valence-electron chi connectivity index (χ3n) is 12.4. The number of hydrogen-bond donors (Lipinski definition) is 2. The molecular weight excluding hydrogens is 697 g/mol. The van der Waals surface area contributed by atoms with E-state index in [0.717, 1.165) is 67.7 Å². The van der Waals surface area contributed by atoms with E-state index in [4.69, 9.17) is 9.47 Å². The molecule has 2 aliphatic heterocycles. The molecule has 4 saturated carbocycles. The molecule has 4 bridgehead atoms. The van der Waals surface area contributed by atoms with Gasteiger partial charge in [0.2, 0.25) is 27.7 Å². The molecule has 8 rings (SSSR count). The molecule has 2 N–H and O–H groups in total. The summed E-state index contributed by atoms with van der Waals surface area (Å²) in [4.78, 5) is 62.5. The van der Waals surface area contributed by atoms with Crippen molar-refractivity contribution in [2.75, 3.05) is 6.54 Å². The average Bonchev–Trinajstić information content (AvgIpc) is 3.93. The zero-order chi connectivity index (χ0) is 36.9. The van der Waals surface area contributed by atoms with Crippen molar-refractivity contribution in [1.29, 1.82) is 0 Å². The van der Waals surface area contributed by atoms with Gasteiger partial charge in [0.1, 0.15) is 23.8 Å². The summed E-state index contributed by atoms with van der Waals surface area (Å²) in [6.07, 6.45) is 14.7. The molecule has 0 spiro atoms. The van der Waals surface area contributed by atoms with E-state index < -0.39 is 62.6 Å². The molecule has 1 unspecified atom stereocenters. The van der Waals surface area contributed by atoms with Gasteiger partial charge in [-0.25, -0.2) is 13.4 Å². The van der Waals surface area contributed by atoms with Crippen LogP contribution in [0, 0.1) is 23.7 Å². The monoisotopic (exact) mass is 744 g/mol. The van der Waals surface area contributed by atoms with Gasteiger partial charge in [0.15, 0.2) is 0 Å². The van der Waals surface area contributed by atoms with Gasteiger partial charge in [-0.15, -0.1) is 6.58 Å². The summed E-state index contributed by atoms with van der Waals surface area (Å²) in [5.41, 5.74) is -0.537. The van der Waals surface area contributed by atoms with Crippen molar-refractivity contribution in [1.82, 2.24) is 19.9 Å². The second-order valence-electron chi connectivity index (χ2n) is 16.0. The first-order valence-corrected chi connectivity index (χ1v) is 20.8. The van der Waals surface area contributed by atoms with Gasteiger partial charge in [0.05, 0.1) is 24.1 Å². The molecule has 7 atom stereocenters. The Balaban J connectivity index is 1.13. The molecule has 5 fully saturated rings. The zero-order valence-corrected chi connectivity index (χ0v) is 30.7. The zero-order valence-electron chi connectivity index (χ0n) is 29.9. The van der Waals surface area contributed by atoms with Crippen molar-refractivity contribution in [2.24, 2.45) is 23.7 Å². The highest BCUT2D eigenvalue weighted by atomic mass is 32.2. The lowest BCUT2D eigenvalue weighted by molar-refractivity contribution is -0.156. The Morgan fingerprint density at radius 1 is 1.00 bits per heavy atom. The number of nitrogens with zero attached hydrogens (tertiary/aromatic N) is 2. The van der Waals surface area contributed by atoms with Gasteiger partial charge in [-0.1, -0.05) is 43.2 Å². The maximum absolute atomic E-state index is 14.8. The molecule has 282 valence electrons. The second kappa shape index (κ2) is 14.2. The van der Waals surface area contributed by atoms with Crippen molar-refractivity contribution < 1.29 is 37.1 Å². The van der Waals surface area contributed by atoms with Gasteiger partial charge in [-0.05, 0) is 92.7 Å². The number of carbonyl (C=O) groups is 4. The number of sulfonamides is 1. The van der Waals surface area contributed by atoms with Gasteiger partial charge >= 0.3 is 5.97 Å². The number of esters is 1. The fourth-order valence-corrected chi connectivity index (χ4v) is 10.5. The number of allylic oxidation sites excluding steroid dienone is 1. The van der Waals surface area contributed by atoms with E-state index in [0.29, 0.717) is 18.7 Å². The molecule has 1 aromatic heterocycles. The fraction of sp³-hybridized carbons (Fsp3) is 0.575. The van der Waals surface area contributed by atoms with E-state index in [-0.39, 0.29) is 49.7 Å². The summed E-state index contributed by atoms with van der Waals surface area (Å²) in [6.45, 7) is 3.88. The number of rotatable bonds is 7. The predicted octanol–water partition coefficient (Wildman–Crippen LogP) is 4.58. The van der Waals surface area contributed by atoms with Gasteiger partial charge < -0.3 is 19.7 Å². The first-order chi connectivity index (χ1) is 25.5. The Morgan fingerprint density at radius 2 is 1.79 bits per heavy atom. The highest BCUT2D eigenvalue weighted by molar-refractivity contribution is 7.91. The fourth-order valence-electron chi connectivity index (χ4n) is 9.14. The molecule has 2 aromatic rings. The van der Waals surface area contributed by atoms with Crippen LogP contribution in [0.15, 0.2) is 49.2 Å². The average molecular weight is 745 g/mol. The Bertz CT molecular complexity index is 1960. The number of aromatic nitrogens is 1. The SMILES string of the molecule is C=C[C@H]1C[C@]1(NC(=O)[C@@H]1CC2CN1C(=O)[C@H](C1CCCC1)CC(=O)O[C@H]1CCC[C@@H]1C/C=C/c1ccc3ccnc(c3c1)O2)C(=O)NS(=O)(=O)C1CC1. The smallest absolute Gasteiger partial charge is 0.306 e. The molecule has 1 aromatic carbocycles. The number of fused-ring (bicyclic) bond motifs is 4. The first kappa shape index (κ1) is 35.8. The van der Waals surface area contributed by atoms with Crippen LogP contribution in [0.3, 0.4) is 0 Å². The van der Waals surface area contributed by atoms with Crippen LogP contribution < -0.4 is 14.8 Å². The number of carbonyl (C=O) groups excluding carboxylic acids is 4. The van der Waals surface area contributed by atoms with E-state index in [1.807, 2.05) is 24.3 Å². The van der Waals surface area contributed by atoms with Gasteiger partial charge in [-0.2, -0.15) is 0 Å². The molecule has 3 heterocycles. The molecule has 0 radical (unpaired) electrons. The van der Waals surface area contributed by atoms with Crippen LogP contribution in [0.25, 0.3) is 16.8 Å². The van der Waals surface area contributed by atoms with Crippen LogP contribution in [0.1, 0.15) is 89.0 Å². The highest BCUT2D eigenvalue weighted by Crippen LogP contribution is 2.46. The maximum Gasteiger partial charge on any atom is 0.306 e. The Labute approximate surface area is 310 Å².